The average Bonchev–Trinajstić information content (AvgIpc) is 3.05. The largest absolute Gasteiger partial charge is 0.373 e. The minimum absolute atomic E-state index is 0.196. The number of amides is 1. The highest BCUT2D eigenvalue weighted by atomic mass is 35.5. The Morgan fingerprint density at radius 1 is 1.15 bits per heavy atom. The van der Waals surface area contributed by atoms with E-state index < -0.39 is 0 Å². The van der Waals surface area contributed by atoms with Crippen LogP contribution in [0.5, 0.6) is 0 Å². The van der Waals surface area contributed by atoms with Crippen LogP contribution in [-0.2, 0) is 9.59 Å². The van der Waals surface area contributed by atoms with Crippen LogP contribution in [0, 0.1) is 13.8 Å². The maximum absolute atomic E-state index is 12.1. The topological polar surface area (TPSA) is 89.0 Å². The Bertz CT molecular complexity index is 949. The van der Waals surface area contributed by atoms with Gasteiger partial charge in [0.2, 0.25) is 0 Å². The molecule has 0 saturated heterocycles. The number of hydrogen-bond donors (Lipinski definition) is 1. The summed E-state index contributed by atoms with van der Waals surface area (Å²) in [6, 6.07) is 9.50. The Hall–Kier alpha value is -2.86. The molecule has 132 valence electrons. The van der Waals surface area contributed by atoms with Crippen molar-refractivity contribution in [1.82, 2.24) is 9.36 Å². The van der Waals surface area contributed by atoms with E-state index in [0.29, 0.717) is 15.7 Å². The lowest BCUT2D eigenvalue weighted by Crippen LogP contribution is -2.12. The molecule has 2 aromatic heterocycles. The highest BCUT2D eigenvalue weighted by Gasteiger charge is 2.12. The predicted molar refractivity (Wildman–Crippen MR) is 99.2 cm³/mol. The van der Waals surface area contributed by atoms with Crippen LogP contribution in [0.1, 0.15) is 20.8 Å². The minimum Gasteiger partial charge on any atom is -0.306 e. The van der Waals surface area contributed by atoms with Gasteiger partial charge in [-0.15, -0.1) is 0 Å². The van der Waals surface area contributed by atoms with Gasteiger partial charge in [0.25, 0.3) is 5.91 Å². The van der Waals surface area contributed by atoms with Crippen molar-refractivity contribution in [3.05, 3.63) is 63.8 Å². The molecule has 0 atom stereocenters. The van der Waals surface area contributed by atoms with Crippen LogP contribution < -0.4 is 5.32 Å². The van der Waals surface area contributed by atoms with Gasteiger partial charge in [0, 0.05) is 28.5 Å². The molecule has 1 N–H and O–H groups in total. The van der Waals surface area contributed by atoms with Gasteiger partial charge >= 0.3 is 6.15 Å². The number of nitrogens with one attached hydrogen (secondary N) is 1. The maximum atomic E-state index is 12.1. The van der Waals surface area contributed by atoms with E-state index in [9.17, 15) is 4.79 Å². The van der Waals surface area contributed by atoms with Crippen molar-refractivity contribution in [2.75, 3.05) is 5.32 Å². The molecule has 8 heteroatoms. The summed E-state index contributed by atoms with van der Waals surface area (Å²) in [6.07, 6.45) is 3.63. The summed E-state index contributed by atoms with van der Waals surface area (Å²) >= 11 is 7.41. The molecule has 0 saturated carbocycles. The number of aromatic nitrogens is 2. The van der Waals surface area contributed by atoms with E-state index >= 15 is 0 Å². The number of aryl methyl sites for hydroxylation is 2. The number of rotatable bonds is 3. The summed E-state index contributed by atoms with van der Waals surface area (Å²) in [4.78, 5) is 33.3. The molecule has 0 bridgehead atoms. The molecule has 0 aliphatic rings. The van der Waals surface area contributed by atoms with Gasteiger partial charge in [0.15, 0.2) is 0 Å². The summed E-state index contributed by atoms with van der Waals surface area (Å²) in [5, 5.41) is 3.45. The van der Waals surface area contributed by atoms with Gasteiger partial charge in [-0.25, -0.2) is 9.36 Å². The molecule has 0 aliphatic heterocycles. The SMILES string of the molecule is Cc1ccc(Cl)c(-c2ccc(NC(=O)c3sncc3C)nc2)c1.O=C=O. The third-order valence-corrected chi connectivity index (χ3v) is 4.62. The molecular weight excluding hydrogens is 374 g/mol. The average molecular weight is 388 g/mol. The van der Waals surface area contributed by atoms with Crippen molar-refractivity contribution in [1.29, 1.82) is 0 Å². The summed E-state index contributed by atoms with van der Waals surface area (Å²) in [5.41, 5.74) is 3.82. The van der Waals surface area contributed by atoms with Crippen molar-refractivity contribution < 1.29 is 14.4 Å². The molecule has 6 nitrogen and oxygen atoms in total. The molecule has 0 fully saturated rings. The first-order valence-corrected chi connectivity index (χ1v) is 8.56. The van der Waals surface area contributed by atoms with E-state index in [1.165, 1.54) is 11.5 Å². The summed E-state index contributed by atoms with van der Waals surface area (Å²) in [7, 11) is 0. The van der Waals surface area contributed by atoms with Gasteiger partial charge in [0.05, 0.1) is 0 Å². The zero-order valence-electron chi connectivity index (χ0n) is 13.9. The Balaban J connectivity index is 0.000000758. The molecule has 1 aromatic carbocycles. The smallest absolute Gasteiger partial charge is 0.306 e. The van der Waals surface area contributed by atoms with Crippen LogP contribution in [0.3, 0.4) is 0 Å². The van der Waals surface area contributed by atoms with Gasteiger partial charge in [-0.1, -0.05) is 23.2 Å². The lowest BCUT2D eigenvalue weighted by Gasteiger charge is -2.07. The fourth-order valence-electron chi connectivity index (χ4n) is 2.17. The molecule has 2 heterocycles. The van der Waals surface area contributed by atoms with Crippen molar-refractivity contribution in [3.63, 3.8) is 0 Å². The molecule has 3 rings (SSSR count). The number of halogens is 1. The van der Waals surface area contributed by atoms with Gasteiger partial charge in [-0.2, -0.15) is 9.59 Å². The first kappa shape index (κ1) is 19.5. The van der Waals surface area contributed by atoms with Crippen molar-refractivity contribution >= 4 is 41.0 Å². The Morgan fingerprint density at radius 2 is 1.88 bits per heavy atom. The first-order chi connectivity index (χ1) is 12.5. The van der Waals surface area contributed by atoms with E-state index in [1.54, 1.807) is 18.5 Å². The highest BCUT2D eigenvalue weighted by molar-refractivity contribution is 7.08. The van der Waals surface area contributed by atoms with E-state index in [4.69, 9.17) is 21.2 Å². The zero-order valence-corrected chi connectivity index (χ0v) is 15.5. The molecule has 1 amide bonds. The number of pyridine rings is 1. The maximum Gasteiger partial charge on any atom is 0.373 e. The van der Waals surface area contributed by atoms with Crippen molar-refractivity contribution in [3.8, 4) is 11.1 Å². The van der Waals surface area contributed by atoms with Crippen LogP contribution in [0.4, 0.5) is 5.82 Å². The first-order valence-electron chi connectivity index (χ1n) is 7.40. The standard InChI is InChI=1S/C17H14ClN3OS.CO2/c1-10-3-5-14(18)13(7-10)12-4-6-15(19-9-12)21-17(22)16-11(2)8-20-23-16;2-1-3/h3-9H,1-2H3,(H,19,21,22);. The van der Waals surface area contributed by atoms with Gasteiger partial charge in [0.1, 0.15) is 10.7 Å². The summed E-state index contributed by atoms with van der Waals surface area (Å²) in [6.45, 7) is 3.87. The minimum atomic E-state index is -0.196. The van der Waals surface area contributed by atoms with Gasteiger partial charge < -0.3 is 5.32 Å². The quantitative estimate of drug-likeness (QED) is 0.729. The predicted octanol–water partition coefficient (Wildman–Crippen LogP) is 4.14. The molecular formula is C18H14ClN3O3S. The summed E-state index contributed by atoms with van der Waals surface area (Å²) in [5.74, 6) is 0.300. The molecule has 0 aliphatic carbocycles. The van der Waals surface area contributed by atoms with Crippen molar-refractivity contribution in [2.24, 2.45) is 0 Å². The van der Waals surface area contributed by atoms with Crippen LogP contribution in [0.2, 0.25) is 5.02 Å². The number of nitrogens with zero attached hydrogens (tertiary/aromatic N) is 2. The normalized spacial score (nSPS) is 9.65. The van der Waals surface area contributed by atoms with Gasteiger partial charge in [-0.3, -0.25) is 4.79 Å². The third-order valence-electron chi connectivity index (χ3n) is 3.39. The van der Waals surface area contributed by atoms with Crippen LogP contribution in [0.15, 0.2) is 42.7 Å². The van der Waals surface area contributed by atoms with Gasteiger partial charge in [-0.05, 0) is 55.2 Å². The molecule has 26 heavy (non-hydrogen) atoms. The van der Waals surface area contributed by atoms with E-state index in [2.05, 4.69) is 14.7 Å². The number of carbonyl (C=O) groups is 1. The molecule has 0 unspecified atom stereocenters. The third kappa shape index (κ3) is 4.83. The second-order valence-corrected chi connectivity index (χ2v) is 6.50. The lowest BCUT2D eigenvalue weighted by atomic mass is 10.1. The van der Waals surface area contributed by atoms with Crippen LogP contribution in [0.25, 0.3) is 11.1 Å². The molecule has 0 radical (unpaired) electrons. The summed E-state index contributed by atoms with van der Waals surface area (Å²) < 4.78 is 4.00. The Kier molecular flexibility index (Phi) is 6.74. The lowest BCUT2D eigenvalue weighted by molar-refractivity contribution is -0.191. The highest BCUT2D eigenvalue weighted by Crippen LogP contribution is 2.28. The second-order valence-electron chi connectivity index (χ2n) is 5.29. The fraction of sp³-hybridized carbons (Fsp3) is 0.111. The van der Waals surface area contributed by atoms with Crippen molar-refractivity contribution in [2.45, 2.75) is 13.8 Å². The number of benzene rings is 1. The second kappa shape index (κ2) is 9.01. The molecule has 3 aromatic rings. The van der Waals surface area contributed by atoms with E-state index in [0.717, 1.165) is 22.3 Å². The Morgan fingerprint density at radius 3 is 2.46 bits per heavy atom. The van der Waals surface area contributed by atoms with Crippen LogP contribution >= 0.6 is 23.1 Å². The van der Waals surface area contributed by atoms with E-state index in [1.807, 2.05) is 38.1 Å². The number of carbonyl (C=O) groups excluding carboxylic acids is 3. The Labute approximate surface area is 159 Å². The zero-order chi connectivity index (χ0) is 19.1. The van der Waals surface area contributed by atoms with E-state index in [-0.39, 0.29) is 12.1 Å². The number of anilines is 1. The fourth-order valence-corrected chi connectivity index (χ4v) is 3.04. The van der Waals surface area contributed by atoms with Crippen LogP contribution in [-0.4, -0.2) is 21.4 Å². The molecule has 0 spiro atoms. The monoisotopic (exact) mass is 387 g/mol. The number of hydrogen-bond acceptors (Lipinski definition) is 6.